The number of hydrogen-bond acceptors (Lipinski definition) is 3. The minimum absolute atomic E-state index is 0.0112. The number of halogens is 2. The van der Waals surface area contributed by atoms with Crippen molar-refractivity contribution in [2.45, 2.75) is 13.0 Å². The van der Waals surface area contributed by atoms with E-state index in [9.17, 15) is 9.18 Å². The molecule has 0 aliphatic heterocycles. The van der Waals surface area contributed by atoms with Crippen molar-refractivity contribution in [1.82, 2.24) is 0 Å². The molecule has 0 aliphatic rings. The number of benzene rings is 2. The molecule has 0 unspecified atom stereocenters. The third-order valence-electron chi connectivity index (χ3n) is 2.75. The Labute approximate surface area is 121 Å². The summed E-state index contributed by atoms with van der Waals surface area (Å²) in [6.07, 6.45) is 0.114. The molecule has 3 nitrogen and oxygen atoms in total. The summed E-state index contributed by atoms with van der Waals surface area (Å²) in [5.74, 6) is -0.997. The number of rotatable bonds is 4. The van der Waals surface area contributed by atoms with Crippen molar-refractivity contribution in [3.63, 3.8) is 0 Å². The zero-order chi connectivity index (χ0) is 14.5. The lowest BCUT2D eigenvalue weighted by Crippen LogP contribution is -2.09. The summed E-state index contributed by atoms with van der Waals surface area (Å²) in [6, 6.07) is 11.5. The summed E-state index contributed by atoms with van der Waals surface area (Å²) in [6.45, 7) is -0.139. The normalized spacial score (nSPS) is 10.3. The molecule has 2 aromatic carbocycles. The van der Waals surface area contributed by atoms with Crippen molar-refractivity contribution in [1.29, 1.82) is 0 Å². The molecule has 0 amide bonds. The van der Waals surface area contributed by atoms with Crippen molar-refractivity contribution in [3.8, 4) is 0 Å². The Kier molecular flexibility index (Phi) is 4.58. The van der Waals surface area contributed by atoms with Gasteiger partial charge in [-0.25, -0.2) is 4.39 Å². The Morgan fingerprint density at radius 2 is 1.90 bits per heavy atom. The second-order valence-corrected chi connectivity index (χ2v) is 4.70. The highest BCUT2D eigenvalue weighted by Crippen LogP contribution is 2.18. The third-order valence-corrected chi connectivity index (χ3v) is 3.04. The maximum absolute atomic E-state index is 13.6. The number of ether oxygens (including phenoxy) is 1. The van der Waals surface area contributed by atoms with Crippen LogP contribution in [-0.2, 0) is 22.6 Å². The second kappa shape index (κ2) is 6.39. The Balaban J connectivity index is 1.92. The van der Waals surface area contributed by atoms with Gasteiger partial charge in [0.25, 0.3) is 0 Å². The smallest absolute Gasteiger partial charge is 0.310 e. The first-order valence-corrected chi connectivity index (χ1v) is 6.37. The Morgan fingerprint density at radius 1 is 1.20 bits per heavy atom. The average molecular weight is 294 g/mol. The Morgan fingerprint density at radius 3 is 2.60 bits per heavy atom. The van der Waals surface area contributed by atoms with Crippen LogP contribution < -0.4 is 5.73 Å². The van der Waals surface area contributed by atoms with Gasteiger partial charge in [-0.05, 0) is 23.8 Å². The molecule has 20 heavy (non-hydrogen) atoms. The SMILES string of the molecule is Nc1ccc(CC(=O)OCc2cccc(Cl)c2F)cc1. The molecular formula is C15H13ClFNO2. The molecule has 0 atom stereocenters. The van der Waals surface area contributed by atoms with Crippen molar-refractivity contribution in [2.75, 3.05) is 5.73 Å². The first-order valence-electron chi connectivity index (χ1n) is 5.99. The van der Waals surface area contributed by atoms with Crippen molar-refractivity contribution < 1.29 is 13.9 Å². The van der Waals surface area contributed by atoms with Gasteiger partial charge in [-0.3, -0.25) is 4.79 Å². The molecule has 0 radical (unpaired) electrons. The molecule has 2 N–H and O–H groups in total. The molecule has 0 aliphatic carbocycles. The predicted octanol–water partition coefficient (Wildman–Crippen LogP) is 3.35. The van der Waals surface area contributed by atoms with Crippen molar-refractivity contribution in [2.24, 2.45) is 0 Å². The van der Waals surface area contributed by atoms with E-state index < -0.39 is 11.8 Å². The first-order chi connectivity index (χ1) is 9.56. The molecule has 0 heterocycles. The van der Waals surface area contributed by atoms with Gasteiger partial charge >= 0.3 is 5.97 Å². The van der Waals surface area contributed by atoms with E-state index in [-0.39, 0.29) is 23.6 Å². The van der Waals surface area contributed by atoms with Crippen LogP contribution in [0.4, 0.5) is 10.1 Å². The molecule has 0 fully saturated rings. The van der Waals surface area contributed by atoms with Crippen molar-refractivity contribution in [3.05, 3.63) is 64.4 Å². The van der Waals surface area contributed by atoms with Crippen LogP contribution in [0, 0.1) is 5.82 Å². The zero-order valence-corrected chi connectivity index (χ0v) is 11.4. The summed E-state index contributed by atoms with van der Waals surface area (Å²) in [7, 11) is 0. The van der Waals surface area contributed by atoms with Gasteiger partial charge in [-0.1, -0.05) is 35.9 Å². The molecule has 2 aromatic rings. The van der Waals surface area contributed by atoms with Gasteiger partial charge in [-0.2, -0.15) is 0 Å². The van der Waals surface area contributed by atoms with Gasteiger partial charge in [0.15, 0.2) is 0 Å². The quantitative estimate of drug-likeness (QED) is 0.695. The fraction of sp³-hybridized carbons (Fsp3) is 0.133. The van der Waals surface area contributed by atoms with Crippen LogP contribution in [0.25, 0.3) is 0 Å². The van der Waals surface area contributed by atoms with E-state index in [1.165, 1.54) is 12.1 Å². The van der Waals surface area contributed by atoms with Gasteiger partial charge in [0.2, 0.25) is 0 Å². The molecule has 2 rings (SSSR count). The first kappa shape index (κ1) is 14.3. The summed E-state index contributed by atoms with van der Waals surface area (Å²) in [5, 5.41) is 0.0112. The van der Waals surface area contributed by atoms with E-state index in [2.05, 4.69) is 0 Å². The zero-order valence-electron chi connectivity index (χ0n) is 10.6. The van der Waals surface area contributed by atoms with E-state index in [0.717, 1.165) is 5.56 Å². The number of anilines is 1. The highest BCUT2D eigenvalue weighted by molar-refractivity contribution is 6.30. The van der Waals surface area contributed by atoms with Crippen LogP contribution in [0.2, 0.25) is 5.02 Å². The highest BCUT2D eigenvalue weighted by Gasteiger charge is 2.10. The number of hydrogen-bond donors (Lipinski definition) is 1. The maximum Gasteiger partial charge on any atom is 0.310 e. The van der Waals surface area contributed by atoms with Gasteiger partial charge in [0.05, 0.1) is 11.4 Å². The van der Waals surface area contributed by atoms with Crippen LogP contribution in [-0.4, -0.2) is 5.97 Å². The van der Waals surface area contributed by atoms with E-state index >= 15 is 0 Å². The molecule has 104 valence electrons. The van der Waals surface area contributed by atoms with Gasteiger partial charge in [0.1, 0.15) is 12.4 Å². The second-order valence-electron chi connectivity index (χ2n) is 4.29. The van der Waals surface area contributed by atoms with Gasteiger partial charge in [-0.15, -0.1) is 0 Å². The molecule has 5 heteroatoms. The fourth-order valence-electron chi connectivity index (χ4n) is 1.67. The third kappa shape index (κ3) is 3.71. The van der Waals surface area contributed by atoms with Crippen LogP contribution in [0.5, 0.6) is 0 Å². The van der Waals surface area contributed by atoms with Crippen LogP contribution in [0.3, 0.4) is 0 Å². The highest BCUT2D eigenvalue weighted by atomic mass is 35.5. The minimum atomic E-state index is -0.561. The summed E-state index contributed by atoms with van der Waals surface area (Å²) < 4.78 is 18.6. The number of esters is 1. The average Bonchev–Trinajstić information content (AvgIpc) is 2.43. The molecule has 0 saturated heterocycles. The number of carbonyl (C=O) groups excluding carboxylic acids is 1. The van der Waals surface area contributed by atoms with E-state index in [1.54, 1.807) is 30.3 Å². The molecule has 0 saturated carbocycles. The lowest BCUT2D eigenvalue weighted by molar-refractivity contribution is -0.144. The molecule has 0 aromatic heterocycles. The number of nitrogens with two attached hydrogens (primary N) is 1. The summed E-state index contributed by atoms with van der Waals surface area (Å²) >= 11 is 5.65. The van der Waals surface area contributed by atoms with Crippen molar-refractivity contribution >= 4 is 23.3 Å². The van der Waals surface area contributed by atoms with Crippen LogP contribution in [0.1, 0.15) is 11.1 Å². The molecule has 0 spiro atoms. The molecule has 0 bridgehead atoms. The fourth-order valence-corrected chi connectivity index (χ4v) is 1.87. The van der Waals surface area contributed by atoms with Crippen LogP contribution in [0.15, 0.2) is 42.5 Å². The lowest BCUT2D eigenvalue weighted by atomic mass is 10.1. The minimum Gasteiger partial charge on any atom is -0.460 e. The Hall–Kier alpha value is -2.07. The topological polar surface area (TPSA) is 52.3 Å². The predicted molar refractivity (Wildman–Crippen MR) is 75.8 cm³/mol. The van der Waals surface area contributed by atoms with E-state index in [4.69, 9.17) is 22.1 Å². The summed E-state index contributed by atoms with van der Waals surface area (Å²) in [4.78, 5) is 11.7. The van der Waals surface area contributed by atoms with E-state index in [0.29, 0.717) is 5.69 Å². The van der Waals surface area contributed by atoms with Gasteiger partial charge in [0, 0.05) is 11.3 Å². The number of carbonyl (C=O) groups is 1. The number of nitrogen functional groups attached to an aromatic ring is 1. The standard InChI is InChI=1S/C15H13ClFNO2/c16-13-3-1-2-11(15(13)17)9-20-14(19)8-10-4-6-12(18)7-5-10/h1-7H,8-9,18H2. The Bertz CT molecular complexity index is 614. The summed E-state index contributed by atoms with van der Waals surface area (Å²) in [5.41, 5.74) is 7.22. The monoisotopic (exact) mass is 293 g/mol. The van der Waals surface area contributed by atoms with Crippen LogP contribution >= 0.6 is 11.6 Å². The lowest BCUT2D eigenvalue weighted by Gasteiger charge is -2.07. The van der Waals surface area contributed by atoms with E-state index in [1.807, 2.05) is 0 Å². The van der Waals surface area contributed by atoms with Gasteiger partial charge < -0.3 is 10.5 Å². The maximum atomic E-state index is 13.6. The molecular weight excluding hydrogens is 281 g/mol. The largest absolute Gasteiger partial charge is 0.460 e.